The van der Waals surface area contributed by atoms with E-state index in [1.807, 2.05) is 20.8 Å². The van der Waals surface area contributed by atoms with Crippen LogP contribution < -0.4 is 0 Å². The molecule has 0 aliphatic carbocycles. The summed E-state index contributed by atoms with van der Waals surface area (Å²) in [6, 6.07) is 0. The fourth-order valence-electron chi connectivity index (χ4n) is 1.68. The first kappa shape index (κ1) is 14.2. The van der Waals surface area contributed by atoms with Gasteiger partial charge in [0.2, 0.25) is 0 Å². The van der Waals surface area contributed by atoms with E-state index in [-0.39, 0.29) is 18.1 Å². The molecule has 0 radical (unpaired) electrons. The first-order valence-corrected chi connectivity index (χ1v) is 6.18. The summed E-state index contributed by atoms with van der Waals surface area (Å²) in [6.45, 7) is 8.03. The number of aliphatic hydroxyl groups excluding tert-OH is 1. The summed E-state index contributed by atoms with van der Waals surface area (Å²) in [5.74, 6) is -0.295. The van der Waals surface area contributed by atoms with E-state index in [9.17, 15) is 9.90 Å². The summed E-state index contributed by atoms with van der Waals surface area (Å²) in [6.07, 6.45) is -0.807. The van der Waals surface area contributed by atoms with Crippen LogP contribution in [0.3, 0.4) is 0 Å². The zero-order valence-electron chi connectivity index (χ0n) is 10.7. The zero-order valence-corrected chi connectivity index (χ0v) is 11.5. The number of hydrogen-bond donors (Lipinski definition) is 1. The molecule has 0 aliphatic rings. The van der Waals surface area contributed by atoms with Gasteiger partial charge in [0.15, 0.2) is 5.78 Å². The van der Waals surface area contributed by atoms with Crippen molar-refractivity contribution in [2.45, 2.75) is 46.8 Å². The quantitative estimate of drug-likeness (QED) is 0.879. The van der Waals surface area contributed by atoms with Crippen LogP contribution in [0.5, 0.6) is 0 Å². The number of nitrogens with zero attached hydrogens (tertiary/aromatic N) is 2. The van der Waals surface area contributed by atoms with Crippen LogP contribution in [0.1, 0.15) is 32.2 Å². The number of Topliss-reactive ketones (excluding diaryl/α,β-unsaturated/α-hetero) is 1. The predicted octanol–water partition coefficient (Wildman–Crippen LogP) is 1.99. The van der Waals surface area contributed by atoms with Crippen molar-refractivity contribution < 1.29 is 9.90 Å². The van der Waals surface area contributed by atoms with E-state index in [4.69, 9.17) is 11.6 Å². The lowest BCUT2D eigenvalue weighted by Gasteiger charge is -2.13. The first-order chi connectivity index (χ1) is 7.88. The number of carbonyl (C=O) groups is 1. The second-order valence-electron chi connectivity index (χ2n) is 4.49. The Morgan fingerprint density at radius 3 is 2.59 bits per heavy atom. The minimum Gasteiger partial charge on any atom is -0.385 e. The van der Waals surface area contributed by atoms with E-state index in [1.54, 1.807) is 11.6 Å². The van der Waals surface area contributed by atoms with Gasteiger partial charge in [-0.05, 0) is 19.8 Å². The van der Waals surface area contributed by atoms with Gasteiger partial charge in [-0.3, -0.25) is 9.48 Å². The molecule has 0 saturated heterocycles. The standard InChI is InChI=1S/C12H19ClN2O2/c1-5-15-9(11(13)8(4)14-15)6-10(16)12(17)7(2)3/h7,12,17H,5-6H2,1-4H3. The van der Waals surface area contributed by atoms with Gasteiger partial charge in [-0.15, -0.1) is 0 Å². The van der Waals surface area contributed by atoms with Gasteiger partial charge >= 0.3 is 0 Å². The van der Waals surface area contributed by atoms with Crippen molar-refractivity contribution >= 4 is 17.4 Å². The van der Waals surface area contributed by atoms with Gasteiger partial charge < -0.3 is 5.11 Å². The number of halogens is 1. The maximum absolute atomic E-state index is 11.8. The molecule has 0 saturated carbocycles. The molecule has 0 amide bonds. The topological polar surface area (TPSA) is 55.1 Å². The summed E-state index contributed by atoms with van der Waals surface area (Å²) in [5, 5.41) is 14.5. The van der Waals surface area contributed by atoms with Gasteiger partial charge in [-0.1, -0.05) is 25.4 Å². The van der Waals surface area contributed by atoms with Gasteiger partial charge in [0.05, 0.1) is 22.8 Å². The summed E-state index contributed by atoms with van der Waals surface area (Å²) < 4.78 is 1.71. The molecule has 1 aromatic rings. The molecule has 1 atom stereocenters. The lowest BCUT2D eigenvalue weighted by Crippen LogP contribution is -2.28. The molecule has 96 valence electrons. The molecule has 0 aliphatic heterocycles. The highest BCUT2D eigenvalue weighted by atomic mass is 35.5. The van der Waals surface area contributed by atoms with Crippen LogP contribution in [0.25, 0.3) is 0 Å². The van der Waals surface area contributed by atoms with Gasteiger partial charge in [-0.2, -0.15) is 5.10 Å². The van der Waals surface area contributed by atoms with E-state index in [0.29, 0.717) is 17.3 Å². The summed E-state index contributed by atoms with van der Waals surface area (Å²) in [5.41, 5.74) is 1.41. The fourth-order valence-corrected chi connectivity index (χ4v) is 1.88. The number of aryl methyl sites for hydroxylation is 2. The highest BCUT2D eigenvalue weighted by Gasteiger charge is 2.22. The first-order valence-electron chi connectivity index (χ1n) is 5.81. The number of rotatable bonds is 5. The van der Waals surface area contributed by atoms with Gasteiger partial charge in [-0.25, -0.2) is 0 Å². The van der Waals surface area contributed by atoms with Crippen molar-refractivity contribution in [2.75, 3.05) is 0 Å². The molecule has 1 rings (SSSR count). The number of hydrogen-bond acceptors (Lipinski definition) is 3. The van der Waals surface area contributed by atoms with Crippen LogP contribution in [0.4, 0.5) is 0 Å². The molecule has 1 N–H and O–H groups in total. The highest BCUT2D eigenvalue weighted by Crippen LogP contribution is 2.21. The molecule has 1 unspecified atom stereocenters. The number of ketones is 1. The van der Waals surface area contributed by atoms with Crippen molar-refractivity contribution in [3.05, 3.63) is 16.4 Å². The number of aromatic nitrogens is 2. The van der Waals surface area contributed by atoms with Gasteiger partial charge in [0, 0.05) is 6.54 Å². The van der Waals surface area contributed by atoms with Crippen LogP contribution in [-0.4, -0.2) is 26.8 Å². The van der Waals surface area contributed by atoms with E-state index in [2.05, 4.69) is 5.10 Å². The maximum atomic E-state index is 11.8. The summed E-state index contributed by atoms with van der Waals surface area (Å²) in [7, 11) is 0. The van der Waals surface area contributed by atoms with Gasteiger partial charge in [0.1, 0.15) is 6.10 Å². The molecule has 0 fully saturated rings. The van der Waals surface area contributed by atoms with E-state index in [0.717, 1.165) is 5.69 Å². The van der Waals surface area contributed by atoms with Crippen molar-refractivity contribution in [3.8, 4) is 0 Å². The molecule has 1 heterocycles. The minimum atomic E-state index is -0.938. The Balaban J connectivity index is 2.91. The largest absolute Gasteiger partial charge is 0.385 e. The lowest BCUT2D eigenvalue weighted by atomic mass is 10.00. The molecule has 0 bridgehead atoms. The van der Waals surface area contributed by atoms with Crippen molar-refractivity contribution in [1.29, 1.82) is 0 Å². The number of carbonyl (C=O) groups excluding carboxylic acids is 1. The van der Waals surface area contributed by atoms with Crippen LogP contribution in [0, 0.1) is 12.8 Å². The average Bonchev–Trinajstić information content (AvgIpc) is 2.55. The van der Waals surface area contributed by atoms with Crippen molar-refractivity contribution in [1.82, 2.24) is 9.78 Å². The van der Waals surface area contributed by atoms with Crippen LogP contribution in [0.2, 0.25) is 5.02 Å². The Morgan fingerprint density at radius 2 is 2.12 bits per heavy atom. The Bertz CT molecular complexity index is 413. The Labute approximate surface area is 107 Å². The van der Waals surface area contributed by atoms with E-state index < -0.39 is 6.10 Å². The van der Waals surface area contributed by atoms with Crippen molar-refractivity contribution in [3.63, 3.8) is 0 Å². The van der Waals surface area contributed by atoms with Crippen LogP contribution in [-0.2, 0) is 17.8 Å². The maximum Gasteiger partial charge on any atom is 0.167 e. The van der Waals surface area contributed by atoms with Gasteiger partial charge in [0.25, 0.3) is 0 Å². The molecule has 4 nitrogen and oxygen atoms in total. The Kier molecular flexibility index (Phi) is 4.71. The molecule has 17 heavy (non-hydrogen) atoms. The third-order valence-electron chi connectivity index (χ3n) is 2.76. The Morgan fingerprint density at radius 1 is 1.53 bits per heavy atom. The second kappa shape index (κ2) is 5.65. The van der Waals surface area contributed by atoms with Crippen LogP contribution in [0.15, 0.2) is 0 Å². The lowest BCUT2D eigenvalue weighted by molar-refractivity contribution is -0.128. The average molecular weight is 259 g/mol. The smallest absolute Gasteiger partial charge is 0.167 e. The SMILES string of the molecule is CCn1nc(C)c(Cl)c1CC(=O)C(O)C(C)C. The molecule has 0 aromatic carbocycles. The third-order valence-corrected chi connectivity index (χ3v) is 3.25. The van der Waals surface area contributed by atoms with Crippen LogP contribution >= 0.6 is 11.6 Å². The van der Waals surface area contributed by atoms with E-state index >= 15 is 0 Å². The monoisotopic (exact) mass is 258 g/mol. The Hall–Kier alpha value is -0.870. The fraction of sp³-hybridized carbons (Fsp3) is 0.667. The molecule has 5 heteroatoms. The van der Waals surface area contributed by atoms with Crippen molar-refractivity contribution in [2.24, 2.45) is 5.92 Å². The molecular weight excluding hydrogens is 240 g/mol. The zero-order chi connectivity index (χ0) is 13.2. The minimum absolute atomic E-state index is 0.0830. The summed E-state index contributed by atoms with van der Waals surface area (Å²) >= 11 is 6.10. The second-order valence-corrected chi connectivity index (χ2v) is 4.87. The summed E-state index contributed by atoms with van der Waals surface area (Å²) in [4.78, 5) is 11.8. The molecule has 1 aromatic heterocycles. The third kappa shape index (κ3) is 3.07. The number of aliphatic hydroxyl groups is 1. The molecule has 0 spiro atoms. The predicted molar refractivity (Wildman–Crippen MR) is 67.2 cm³/mol. The normalized spacial score (nSPS) is 13.1. The van der Waals surface area contributed by atoms with E-state index in [1.165, 1.54) is 0 Å². The highest BCUT2D eigenvalue weighted by molar-refractivity contribution is 6.32. The molecular formula is C12H19ClN2O2.